The fraction of sp³-hybridized carbons (Fsp3) is 0.0526. The topological polar surface area (TPSA) is 89.6 Å². The van der Waals surface area contributed by atoms with E-state index in [9.17, 15) is 4.79 Å². The summed E-state index contributed by atoms with van der Waals surface area (Å²) in [4.78, 5) is 12.9. The number of tetrazole rings is 1. The maximum atomic E-state index is 12.9. The molecule has 1 N–H and O–H groups in total. The van der Waals surface area contributed by atoms with E-state index in [1.54, 1.807) is 0 Å². The molecule has 0 amide bonds. The summed E-state index contributed by atoms with van der Waals surface area (Å²) in [6.45, 7) is 0.581. The molecule has 0 atom stereocenters. The van der Waals surface area contributed by atoms with E-state index >= 15 is 0 Å². The van der Waals surface area contributed by atoms with Gasteiger partial charge in [0, 0.05) is 18.0 Å². The summed E-state index contributed by atoms with van der Waals surface area (Å²) < 4.78 is 8.00. The number of aromatic amines is 1. The van der Waals surface area contributed by atoms with Gasteiger partial charge in [-0.2, -0.15) is 5.21 Å². The first-order chi connectivity index (χ1) is 12.8. The summed E-state index contributed by atoms with van der Waals surface area (Å²) in [5, 5.41) is 14.6. The van der Waals surface area contributed by atoms with Crippen LogP contribution in [0, 0.1) is 0 Å². The van der Waals surface area contributed by atoms with Gasteiger partial charge in [-0.1, -0.05) is 42.5 Å². The van der Waals surface area contributed by atoms with E-state index in [0.717, 1.165) is 16.5 Å². The number of hydrogen-bond donors (Lipinski definition) is 1. The second-order valence-electron chi connectivity index (χ2n) is 5.98. The summed E-state index contributed by atoms with van der Waals surface area (Å²) in [7, 11) is 0. The molecule has 2 aromatic carbocycles. The Labute approximate surface area is 146 Å². The molecule has 26 heavy (non-hydrogen) atoms. The normalized spacial score (nSPS) is 11.4. The monoisotopic (exact) mass is 343 g/mol. The van der Waals surface area contributed by atoms with Crippen LogP contribution in [0.15, 0.2) is 69.9 Å². The number of benzene rings is 2. The molecule has 0 aliphatic rings. The average Bonchev–Trinajstić information content (AvgIpc) is 3.31. The Morgan fingerprint density at radius 1 is 1.04 bits per heavy atom. The average molecular weight is 343 g/mol. The highest BCUT2D eigenvalue weighted by Gasteiger charge is 2.18. The fourth-order valence-corrected chi connectivity index (χ4v) is 3.25. The fourth-order valence-electron chi connectivity index (χ4n) is 3.25. The lowest BCUT2D eigenvalue weighted by Gasteiger charge is -2.06. The van der Waals surface area contributed by atoms with Gasteiger partial charge in [0.25, 0.3) is 0 Å². The summed E-state index contributed by atoms with van der Waals surface area (Å²) >= 11 is 0. The van der Waals surface area contributed by atoms with Gasteiger partial charge in [-0.3, -0.25) is 4.79 Å². The van der Waals surface area contributed by atoms with Gasteiger partial charge in [0.05, 0.1) is 5.52 Å². The maximum absolute atomic E-state index is 12.9. The second-order valence-corrected chi connectivity index (χ2v) is 5.98. The van der Waals surface area contributed by atoms with Crippen LogP contribution in [-0.2, 0) is 6.54 Å². The summed E-state index contributed by atoms with van der Waals surface area (Å²) in [6.07, 6.45) is 0. The minimum Gasteiger partial charge on any atom is -0.450 e. The number of rotatable bonds is 3. The molecule has 3 heterocycles. The van der Waals surface area contributed by atoms with E-state index in [-0.39, 0.29) is 11.3 Å². The first-order valence-electron chi connectivity index (χ1n) is 8.14. The quantitative estimate of drug-likeness (QED) is 0.544. The molecule has 0 bridgehead atoms. The Bertz CT molecular complexity index is 1270. The van der Waals surface area contributed by atoms with Crippen molar-refractivity contribution in [1.29, 1.82) is 0 Å². The smallest absolute Gasteiger partial charge is 0.239 e. The molecule has 7 nitrogen and oxygen atoms in total. The Balaban J connectivity index is 1.82. The summed E-state index contributed by atoms with van der Waals surface area (Å²) in [5.74, 6) is 0.544. The highest BCUT2D eigenvalue weighted by molar-refractivity contribution is 6.04. The lowest BCUT2D eigenvalue weighted by molar-refractivity contribution is 0.614. The van der Waals surface area contributed by atoms with Crippen LogP contribution in [0.2, 0.25) is 0 Å². The summed E-state index contributed by atoms with van der Waals surface area (Å²) in [5.41, 5.74) is 2.97. The van der Waals surface area contributed by atoms with Crippen molar-refractivity contribution in [1.82, 2.24) is 25.2 Å². The molecule has 7 heteroatoms. The van der Waals surface area contributed by atoms with Crippen LogP contribution in [0.5, 0.6) is 0 Å². The van der Waals surface area contributed by atoms with Crippen LogP contribution < -0.4 is 5.43 Å². The van der Waals surface area contributed by atoms with Crippen LogP contribution in [0.4, 0.5) is 0 Å². The Morgan fingerprint density at radius 2 is 1.85 bits per heavy atom. The van der Waals surface area contributed by atoms with Gasteiger partial charge in [0.15, 0.2) is 11.3 Å². The van der Waals surface area contributed by atoms with Crippen molar-refractivity contribution in [3.63, 3.8) is 0 Å². The van der Waals surface area contributed by atoms with Gasteiger partial charge in [-0.25, -0.2) is 0 Å². The van der Waals surface area contributed by atoms with Crippen LogP contribution in [0.3, 0.4) is 0 Å². The number of H-pyrrole nitrogens is 1. The Hall–Kier alpha value is -3.74. The molecule has 0 radical (unpaired) electrons. The predicted molar refractivity (Wildman–Crippen MR) is 96.7 cm³/mol. The third kappa shape index (κ3) is 2.21. The van der Waals surface area contributed by atoms with Crippen molar-refractivity contribution in [3.8, 4) is 11.6 Å². The minimum atomic E-state index is -0.141. The minimum absolute atomic E-state index is 0.141. The molecule has 5 rings (SSSR count). The lowest BCUT2D eigenvalue weighted by Crippen LogP contribution is -2.08. The molecule has 0 aliphatic carbocycles. The highest BCUT2D eigenvalue weighted by Crippen LogP contribution is 2.30. The molecular weight excluding hydrogens is 330 g/mol. The van der Waals surface area contributed by atoms with Gasteiger partial charge in [0.1, 0.15) is 5.52 Å². The molecule has 126 valence electrons. The molecule has 3 aromatic heterocycles. The van der Waals surface area contributed by atoms with E-state index < -0.39 is 0 Å². The van der Waals surface area contributed by atoms with Crippen molar-refractivity contribution in [2.75, 3.05) is 0 Å². The standard InChI is InChI=1S/C19H13N5O2/c25-15-10-16(19-20-22-23-21-19)26-18-13-8-4-5-9-14(13)24(17(15)18)11-12-6-2-1-3-7-12/h1-10H,11H2,(H,20,21,22,23). The first kappa shape index (κ1) is 14.6. The zero-order chi connectivity index (χ0) is 17.5. The Morgan fingerprint density at radius 3 is 2.65 bits per heavy atom. The van der Waals surface area contributed by atoms with Crippen molar-refractivity contribution < 1.29 is 4.42 Å². The van der Waals surface area contributed by atoms with Gasteiger partial charge in [0.2, 0.25) is 11.3 Å². The number of aromatic nitrogens is 5. The van der Waals surface area contributed by atoms with Crippen LogP contribution >= 0.6 is 0 Å². The van der Waals surface area contributed by atoms with E-state index in [1.165, 1.54) is 6.07 Å². The van der Waals surface area contributed by atoms with Gasteiger partial charge in [-0.05, 0) is 22.9 Å². The number of hydrogen-bond acceptors (Lipinski definition) is 5. The third-order valence-corrected chi connectivity index (χ3v) is 4.38. The van der Waals surface area contributed by atoms with Gasteiger partial charge >= 0.3 is 0 Å². The lowest BCUT2D eigenvalue weighted by atomic mass is 10.2. The number of nitrogens with one attached hydrogen (secondary N) is 1. The zero-order valence-corrected chi connectivity index (χ0v) is 13.6. The van der Waals surface area contributed by atoms with Gasteiger partial charge < -0.3 is 8.98 Å². The third-order valence-electron chi connectivity index (χ3n) is 4.38. The highest BCUT2D eigenvalue weighted by atomic mass is 16.3. The molecule has 0 saturated heterocycles. The Kier molecular flexibility index (Phi) is 3.18. The number of fused-ring (bicyclic) bond motifs is 3. The second kappa shape index (κ2) is 5.66. The van der Waals surface area contributed by atoms with Crippen LogP contribution in [0.1, 0.15) is 5.56 Å². The SMILES string of the molecule is O=c1cc(-c2nn[nH]n2)oc2c3ccccc3n(Cc3ccccc3)c12. The van der Waals surface area contributed by atoms with Crippen molar-refractivity contribution in [2.24, 2.45) is 0 Å². The van der Waals surface area contributed by atoms with Crippen LogP contribution in [0.25, 0.3) is 33.6 Å². The number of para-hydroxylation sites is 1. The molecule has 0 saturated carbocycles. The van der Waals surface area contributed by atoms with Crippen molar-refractivity contribution in [2.45, 2.75) is 6.54 Å². The largest absolute Gasteiger partial charge is 0.450 e. The van der Waals surface area contributed by atoms with E-state index in [1.807, 2.05) is 59.2 Å². The molecule has 0 aliphatic heterocycles. The predicted octanol–water partition coefficient (Wildman–Crippen LogP) is 2.98. The van der Waals surface area contributed by atoms with Crippen LogP contribution in [-0.4, -0.2) is 25.2 Å². The molecule has 0 spiro atoms. The maximum Gasteiger partial charge on any atom is 0.239 e. The summed E-state index contributed by atoms with van der Waals surface area (Å²) in [6, 6.07) is 19.2. The molecular formula is C19H13N5O2. The first-order valence-corrected chi connectivity index (χ1v) is 8.14. The van der Waals surface area contributed by atoms with Gasteiger partial charge in [-0.15, -0.1) is 10.2 Å². The molecule has 0 fully saturated rings. The van der Waals surface area contributed by atoms with Crippen molar-refractivity contribution in [3.05, 3.63) is 76.5 Å². The van der Waals surface area contributed by atoms with Crippen molar-refractivity contribution >= 4 is 22.0 Å². The number of nitrogens with zero attached hydrogens (tertiary/aromatic N) is 4. The zero-order valence-electron chi connectivity index (χ0n) is 13.6. The molecule has 5 aromatic rings. The van der Waals surface area contributed by atoms with E-state index in [2.05, 4.69) is 20.6 Å². The van der Waals surface area contributed by atoms with E-state index in [4.69, 9.17) is 4.42 Å². The van der Waals surface area contributed by atoms with E-state index in [0.29, 0.717) is 23.4 Å². The molecule has 0 unspecified atom stereocenters.